The van der Waals surface area contributed by atoms with Gasteiger partial charge in [0, 0.05) is 30.3 Å². The number of anilines is 1. The van der Waals surface area contributed by atoms with Crippen LogP contribution in [-0.2, 0) is 19.5 Å². The third-order valence-electron chi connectivity index (χ3n) is 6.61. The van der Waals surface area contributed by atoms with E-state index in [-0.39, 0.29) is 18.0 Å². The number of nitrogens with one attached hydrogen (secondary N) is 1. The lowest BCUT2D eigenvalue weighted by Crippen LogP contribution is -2.40. The summed E-state index contributed by atoms with van der Waals surface area (Å²) in [5.41, 5.74) is 2.97. The molecule has 1 aliphatic rings. The fourth-order valence-electron chi connectivity index (χ4n) is 4.51. The predicted octanol–water partition coefficient (Wildman–Crippen LogP) is 5.37. The molecule has 10 heteroatoms. The van der Waals surface area contributed by atoms with Gasteiger partial charge in [-0.3, -0.25) is 9.59 Å². The molecule has 3 aromatic carbocycles. The topological polar surface area (TPSA) is 85.7 Å². The summed E-state index contributed by atoms with van der Waals surface area (Å²) in [4.78, 5) is 33.6. The standard InChI is InChI=1S/C29H26Cl2N4O4/c1-38-21-9-6-18(7-10-21)16-32-29-33-26-17-34(27(36)19-8-11-24(30)25(31)14-19)13-12-23(26)28(37)35(29)20-4-3-5-22(15-20)39-2/h3-11,14-15H,12-13,16-17H2,1-2H3,(H,32,33). The molecule has 5 rings (SSSR count). The fraction of sp³-hybridized carbons (Fsp3) is 0.207. The number of ether oxygens (including phenoxy) is 2. The van der Waals surface area contributed by atoms with E-state index in [1.165, 1.54) is 0 Å². The van der Waals surface area contributed by atoms with E-state index < -0.39 is 0 Å². The van der Waals surface area contributed by atoms with E-state index in [1.807, 2.05) is 42.5 Å². The number of amides is 1. The molecule has 1 aliphatic heterocycles. The Labute approximate surface area is 235 Å². The van der Waals surface area contributed by atoms with Crippen molar-refractivity contribution in [2.75, 3.05) is 26.1 Å². The first-order chi connectivity index (χ1) is 18.9. The number of hydrogen-bond acceptors (Lipinski definition) is 6. The van der Waals surface area contributed by atoms with E-state index in [0.717, 1.165) is 11.3 Å². The van der Waals surface area contributed by atoms with Crippen molar-refractivity contribution >= 4 is 35.1 Å². The van der Waals surface area contributed by atoms with Gasteiger partial charge in [-0.05, 0) is 54.4 Å². The summed E-state index contributed by atoms with van der Waals surface area (Å²) in [5.74, 6) is 1.54. The second-order valence-corrected chi connectivity index (χ2v) is 9.82. The van der Waals surface area contributed by atoms with Crippen LogP contribution in [0.15, 0.2) is 71.5 Å². The smallest absolute Gasteiger partial charge is 0.263 e. The second kappa shape index (κ2) is 11.4. The monoisotopic (exact) mass is 564 g/mol. The first kappa shape index (κ1) is 26.6. The highest BCUT2D eigenvalue weighted by Gasteiger charge is 2.27. The van der Waals surface area contributed by atoms with Gasteiger partial charge in [-0.1, -0.05) is 41.4 Å². The highest BCUT2D eigenvalue weighted by Crippen LogP contribution is 2.26. The molecule has 8 nitrogen and oxygen atoms in total. The molecule has 0 saturated carbocycles. The molecule has 0 atom stereocenters. The van der Waals surface area contributed by atoms with Crippen molar-refractivity contribution in [1.29, 1.82) is 0 Å². The van der Waals surface area contributed by atoms with Crippen molar-refractivity contribution in [1.82, 2.24) is 14.5 Å². The molecule has 39 heavy (non-hydrogen) atoms. The maximum Gasteiger partial charge on any atom is 0.263 e. The minimum absolute atomic E-state index is 0.188. The number of fused-ring (bicyclic) bond motifs is 1. The van der Waals surface area contributed by atoms with Gasteiger partial charge in [0.25, 0.3) is 11.5 Å². The van der Waals surface area contributed by atoms with E-state index >= 15 is 0 Å². The van der Waals surface area contributed by atoms with E-state index in [1.54, 1.807) is 48.0 Å². The molecule has 0 bridgehead atoms. The molecule has 0 unspecified atom stereocenters. The van der Waals surface area contributed by atoms with Gasteiger partial charge in [0.05, 0.1) is 42.2 Å². The lowest BCUT2D eigenvalue weighted by Gasteiger charge is -2.29. The number of hydrogen-bond donors (Lipinski definition) is 1. The van der Waals surface area contributed by atoms with Crippen LogP contribution in [0, 0.1) is 0 Å². The maximum atomic E-state index is 13.8. The normalized spacial score (nSPS) is 12.6. The third-order valence-corrected chi connectivity index (χ3v) is 7.35. The number of nitrogens with zero attached hydrogens (tertiary/aromatic N) is 3. The molecule has 4 aromatic rings. The predicted molar refractivity (Wildman–Crippen MR) is 152 cm³/mol. The highest BCUT2D eigenvalue weighted by molar-refractivity contribution is 6.42. The first-order valence-electron chi connectivity index (χ1n) is 12.3. The first-order valence-corrected chi connectivity index (χ1v) is 13.0. The fourth-order valence-corrected chi connectivity index (χ4v) is 4.80. The van der Waals surface area contributed by atoms with Gasteiger partial charge in [0.1, 0.15) is 11.5 Å². The van der Waals surface area contributed by atoms with Crippen molar-refractivity contribution in [2.24, 2.45) is 0 Å². The quantitative estimate of drug-likeness (QED) is 0.325. The Kier molecular flexibility index (Phi) is 7.77. The molecule has 1 amide bonds. The molecule has 200 valence electrons. The van der Waals surface area contributed by atoms with Gasteiger partial charge in [0.2, 0.25) is 5.95 Å². The zero-order chi connectivity index (χ0) is 27.5. The van der Waals surface area contributed by atoms with Crippen LogP contribution in [0.2, 0.25) is 10.0 Å². The highest BCUT2D eigenvalue weighted by atomic mass is 35.5. The van der Waals surface area contributed by atoms with Crippen LogP contribution in [0.5, 0.6) is 11.5 Å². The Bertz CT molecular complexity index is 1590. The van der Waals surface area contributed by atoms with Gasteiger partial charge in [-0.2, -0.15) is 0 Å². The summed E-state index contributed by atoms with van der Waals surface area (Å²) in [7, 11) is 3.20. The SMILES string of the molecule is COc1ccc(CNc2nc3c(c(=O)n2-c2cccc(OC)c2)CCN(C(=O)c2ccc(Cl)c(Cl)c2)C3)cc1. The average molecular weight is 565 g/mol. The Balaban J connectivity index is 1.51. The number of benzene rings is 3. The molecule has 0 saturated heterocycles. The van der Waals surface area contributed by atoms with Crippen molar-refractivity contribution in [2.45, 2.75) is 19.5 Å². The van der Waals surface area contributed by atoms with Gasteiger partial charge in [-0.25, -0.2) is 9.55 Å². The number of carbonyl (C=O) groups excluding carboxylic acids is 1. The van der Waals surface area contributed by atoms with Crippen LogP contribution in [0.4, 0.5) is 5.95 Å². The van der Waals surface area contributed by atoms with Crippen LogP contribution in [0.25, 0.3) is 5.69 Å². The average Bonchev–Trinajstić information content (AvgIpc) is 2.97. The Morgan fingerprint density at radius 3 is 2.46 bits per heavy atom. The van der Waals surface area contributed by atoms with E-state index in [9.17, 15) is 9.59 Å². The Morgan fingerprint density at radius 1 is 0.974 bits per heavy atom. The van der Waals surface area contributed by atoms with Crippen LogP contribution in [0.3, 0.4) is 0 Å². The van der Waals surface area contributed by atoms with Crippen molar-refractivity contribution < 1.29 is 14.3 Å². The second-order valence-electron chi connectivity index (χ2n) is 9.01. The van der Waals surface area contributed by atoms with Crippen LogP contribution < -0.4 is 20.3 Å². The van der Waals surface area contributed by atoms with Crippen LogP contribution in [0.1, 0.15) is 27.2 Å². The van der Waals surface area contributed by atoms with Gasteiger partial charge in [0.15, 0.2) is 0 Å². The largest absolute Gasteiger partial charge is 0.497 e. The summed E-state index contributed by atoms with van der Waals surface area (Å²) >= 11 is 12.2. The van der Waals surface area contributed by atoms with Crippen LogP contribution in [-0.4, -0.2) is 41.1 Å². The minimum Gasteiger partial charge on any atom is -0.497 e. The molecular weight excluding hydrogens is 539 g/mol. The van der Waals surface area contributed by atoms with Gasteiger partial charge < -0.3 is 19.7 Å². The van der Waals surface area contributed by atoms with E-state index in [4.69, 9.17) is 37.7 Å². The van der Waals surface area contributed by atoms with Gasteiger partial charge >= 0.3 is 0 Å². The number of carbonyl (C=O) groups is 1. The summed E-state index contributed by atoms with van der Waals surface area (Å²) in [6.45, 7) is 0.991. The van der Waals surface area contributed by atoms with Crippen LogP contribution >= 0.6 is 23.2 Å². The lowest BCUT2D eigenvalue weighted by atomic mass is 10.0. The molecule has 0 spiro atoms. The molecule has 1 aromatic heterocycles. The molecule has 2 heterocycles. The zero-order valence-corrected chi connectivity index (χ0v) is 22.9. The molecule has 0 fully saturated rings. The minimum atomic E-state index is -0.203. The zero-order valence-electron chi connectivity index (χ0n) is 21.4. The summed E-state index contributed by atoms with van der Waals surface area (Å²) in [6.07, 6.45) is 0.372. The molecular formula is C29H26Cl2N4O4. The number of aromatic nitrogens is 2. The number of rotatable bonds is 7. The van der Waals surface area contributed by atoms with Gasteiger partial charge in [-0.15, -0.1) is 0 Å². The van der Waals surface area contributed by atoms with E-state index in [0.29, 0.717) is 63.8 Å². The lowest BCUT2D eigenvalue weighted by molar-refractivity contribution is 0.0731. The third kappa shape index (κ3) is 5.57. The summed E-state index contributed by atoms with van der Waals surface area (Å²) in [5, 5.41) is 4.01. The Morgan fingerprint density at radius 2 is 1.74 bits per heavy atom. The molecule has 0 radical (unpaired) electrons. The molecule has 0 aliphatic carbocycles. The van der Waals surface area contributed by atoms with Crippen molar-refractivity contribution in [3.8, 4) is 17.2 Å². The molecule has 1 N–H and O–H groups in total. The Hall–Kier alpha value is -4.01. The van der Waals surface area contributed by atoms with Crippen molar-refractivity contribution in [3.63, 3.8) is 0 Å². The maximum absolute atomic E-state index is 13.8. The summed E-state index contributed by atoms with van der Waals surface area (Å²) in [6, 6.07) is 19.7. The van der Waals surface area contributed by atoms with Crippen molar-refractivity contribution in [3.05, 3.63) is 110 Å². The van der Waals surface area contributed by atoms with E-state index in [2.05, 4.69) is 5.32 Å². The summed E-state index contributed by atoms with van der Waals surface area (Å²) < 4.78 is 12.2. The number of halogens is 2. The number of methoxy groups -OCH3 is 2.